The minimum Gasteiger partial charge on any atom is -0.371 e. The number of nitrogens with zero attached hydrogens (tertiary/aromatic N) is 2. The second kappa shape index (κ2) is 7.47. The van der Waals surface area contributed by atoms with E-state index in [1.165, 1.54) is 74.1 Å². The zero-order valence-electron chi connectivity index (χ0n) is 12.5. The number of alkyl halides is 1. The molecule has 0 unspecified atom stereocenters. The summed E-state index contributed by atoms with van der Waals surface area (Å²) in [6.45, 7) is 6.40. The highest BCUT2D eigenvalue weighted by atomic mass is 79.9. The van der Waals surface area contributed by atoms with Crippen molar-refractivity contribution >= 4 is 37.5 Å². The van der Waals surface area contributed by atoms with Gasteiger partial charge in [0.2, 0.25) is 0 Å². The van der Waals surface area contributed by atoms with Gasteiger partial charge >= 0.3 is 0 Å². The molecule has 2 heterocycles. The van der Waals surface area contributed by atoms with Crippen LogP contribution in [-0.2, 0) is 5.33 Å². The number of anilines is 1. The SMILES string of the molecule is BrCc1ccc(N2CCC(CN3CCCC3)CC2)c(Br)c1. The molecule has 0 N–H and O–H groups in total. The molecule has 0 aliphatic carbocycles. The maximum atomic E-state index is 3.74. The molecule has 0 radical (unpaired) electrons. The molecule has 3 rings (SSSR count). The van der Waals surface area contributed by atoms with Crippen LogP contribution in [0.2, 0.25) is 0 Å². The standard InChI is InChI=1S/C17H24Br2N2/c18-12-15-3-4-17(16(19)11-15)21-9-5-14(6-10-21)13-20-7-1-2-8-20/h3-4,11,14H,1-2,5-10,12-13H2. The molecular weight excluding hydrogens is 392 g/mol. The summed E-state index contributed by atoms with van der Waals surface area (Å²) in [5.74, 6) is 0.903. The number of likely N-dealkylation sites (tertiary alicyclic amines) is 1. The minimum absolute atomic E-state index is 0.903. The van der Waals surface area contributed by atoms with Crippen LogP contribution in [-0.4, -0.2) is 37.6 Å². The van der Waals surface area contributed by atoms with Crippen molar-refractivity contribution in [1.29, 1.82) is 0 Å². The van der Waals surface area contributed by atoms with Gasteiger partial charge in [0.05, 0.1) is 5.69 Å². The Morgan fingerprint density at radius 3 is 2.38 bits per heavy atom. The highest BCUT2D eigenvalue weighted by molar-refractivity contribution is 9.10. The van der Waals surface area contributed by atoms with Gasteiger partial charge in [-0.2, -0.15) is 0 Å². The summed E-state index contributed by atoms with van der Waals surface area (Å²) >= 11 is 7.26. The van der Waals surface area contributed by atoms with Crippen LogP contribution in [0.4, 0.5) is 5.69 Å². The second-order valence-corrected chi connectivity index (χ2v) is 7.77. The molecule has 2 aliphatic heterocycles. The quantitative estimate of drug-likeness (QED) is 0.660. The van der Waals surface area contributed by atoms with Crippen LogP contribution < -0.4 is 4.90 Å². The van der Waals surface area contributed by atoms with E-state index in [1.54, 1.807) is 0 Å². The van der Waals surface area contributed by atoms with Crippen LogP contribution in [0.3, 0.4) is 0 Å². The number of hydrogen-bond donors (Lipinski definition) is 0. The highest BCUT2D eigenvalue weighted by Crippen LogP contribution is 2.31. The molecular formula is C17H24Br2N2. The fourth-order valence-corrected chi connectivity index (χ4v) is 4.60. The Labute approximate surface area is 145 Å². The number of piperidine rings is 1. The van der Waals surface area contributed by atoms with E-state index >= 15 is 0 Å². The van der Waals surface area contributed by atoms with Crippen molar-refractivity contribution in [2.24, 2.45) is 5.92 Å². The fraction of sp³-hybridized carbons (Fsp3) is 0.647. The van der Waals surface area contributed by atoms with Crippen molar-refractivity contribution in [3.63, 3.8) is 0 Å². The zero-order chi connectivity index (χ0) is 14.7. The Kier molecular flexibility index (Phi) is 5.63. The highest BCUT2D eigenvalue weighted by Gasteiger charge is 2.23. The van der Waals surface area contributed by atoms with Gasteiger partial charge in [-0.25, -0.2) is 0 Å². The van der Waals surface area contributed by atoms with E-state index < -0.39 is 0 Å². The van der Waals surface area contributed by atoms with Crippen LogP contribution in [0.15, 0.2) is 22.7 Å². The summed E-state index contributed by atoms with van der Waals surface area (Å²) in [7, 11) is 0. The maximum absolute atomic E-state index is 3.74. The third kappa shape index (κ3) is 4.02. The molecule has 2 aliphatic rings. The van der Waals surface area contributed by atoms with Gasteiger partial charge in [0.15, 0.2) is 0 Å². The van der Waals surface area contributed by atoms with Crippen LogP contribution in [0.5, 0.6) is 0 Å². The minimum atomic E-state index is 0.903. The molecule has 116 valence electrons. The Hall–Kier alpha value is -0.0600. The molecule has 21 heavy (non-hydrogen) atoms. The molecule has 2 nitrogen and oxygen atoms in total. The number of rotatable bonds is 4. The summed E-state index contributed by atoms with van der Waals surface area (Å²) in [5.41, 5.74) is 2.69. The lowest BCUT2D eigenvalue weighted by atomic mass is 9.96. The van der Waals surface area contributed by atoms with E-state index in [9.17, 15) is 0 Å². The van der Waals surface area contributed by atoms with E-state index in [0.717, 1.165) is 11.2 Å². The first-order valence-corrected chi connectivity index (χ1v) is 9.99. The van der Waals surface area contributed by atoms with Crippen LogP contribution in [0, 0.1) is 5.92 Å². The summed E-state index contributed by atoms with van der Waals surface area (Å²) in [5, 5.41) is 0.920. The molecule has 1 aromatic rings. The van der Waals surface area contributed by atoms with Crippen molar-refractivity contribution in [2.45, 2.75) is 31.0 Å². The van der Waals surface area contributed by atoms with Gasteiger partial charge in [0.1, 0.15) is 0 Å². The molecule has 2 saturated heterocycles. The Balaban J connectivity index is 1.55. The van der Waals surface area contributed by atoms with Gasteiger partial charge in [-0.05, 0) is 78.3 Å². The largest absolute Gasteiger partial charge is 0.371 e. The molecule has 1 aromatic carbocycles. The predicted molar refractivity (Wildman–Crippen MR) is 97.4 cm³/mol. The lowest BCUT2D eigenvalue weighted by molar-refractivity contribution is 0.249. The van der Waals surface area contributed by atoms with Gasteiger partial charge < -0.3 is 9.80 Å². The Bertz CT molecular complexity index is 464. The molecule has 0 atom stereocenters. The molecule has 0 saturated carbocycles. The van der Waals surface area contributed by atoms with E-state index in [2.05, 4.69) is 59.9 Å². The summed E-state index contributed by atoms with van der Waals surface area (Å²) in [6.07, 6.45) is 5.49. The van der Waals surface area contributed by atoms with Crippen molar-refractivity contribution in [1.82, 2.24) is 4.90 Å². The van der Waals surface area contributed by atoms with Crippen molar-refractivity contribution < 1.29 is 0 Å². The topological polar surface area (TPSA) is 6.48 Å². The predicted octanol–water partition coefficient (Wildman–Crippen LogP) is 4.66. The number of halogens is 2. The molecule has 0 bridgehead atoms. The zero-order valence-corrected chi connectivity index (χ0v) is 15.7. The number of hydrogen-bond acceptors (Lipinski definition) is 2. The fourth-order valence-electron chi connectivity index (χ4n) is 3.58. The van der Waals surface area contributed by atoms with Crippen LogP contribution >= 0.6 is 31.9 Å². The first-order chi connectivity index (χ1) is 10.3. The normalized spacial score (nSPS) is 21.1. The first-order valence-electron chi connectivity index (χ1n) is 8.08. The van der Waals surface area contributed by atoms with Crippen LogP contribution in [0.1, 0.15) is 31.2 Å². The molecule has 2 fully saturated rings. The third-order valence-electron chi connectivity index (χ3n) is 4.84. The van der Waals surface area contributed by atoms with Crippen LogP contribution in [0.25, 0.3) is 0 Å². The van der Waals surface area contributed by atoms with Gasteiger partial charge in [-0.3, -0.25) is 0 Å². The molecule has 0 spiro atoms. The van der Waals surface area contributed by atoms with Gasteiger partial charge in [-0.15, -0.1) is 0 Å². The first kappa shape index (κ1) is 15.8. The second-order valence-electron chi connectivity index (χ2n) is 6.36. The van der Waals surface area contributed by atoms with Crippen molar-refractivity contribution in [3.05, 3.63) is 28.2 Å². The summed E-state index contributed by atoms with van der Waals surface area (Å²) in [6, 6.07) is 6.73. The van der Waals surface area contributed by atoms with E-state index in [1.807, 2.05) is 0 Å². The van der Waals surface area contributed by atoms with Crippen molar-refractivity contribution in [2.75, 3.05) is 37.6 Å². The van der Waals surface area contributed by atoms with Gasteiger partial charge in [-0.1, -0.05) is 22.0 Å². The lowest BCUT2D eigenvalue weighted by Crippen LogP contribution is -2.38. The van der Waals surface area contributed by atoms with Gasteiger partial charge in [0.25, 0.3) is 0 Å². The van der Waals surface area contributed by atoms with Gasteiger partial charge in [0, 0.05) is 29.4 Å². The number of benzene rings is 1. The lowest BCUT2D eigenvalue weighted by Gasteiger charge is -2.35. The Morgan fingerprint density at radius 1 is 1.05 bits per heavy atom. The Morgan fingerprint density at radius 2 is 1.76 bits per heavy atom. The maximum Gasteiger partial charge on any atom is 0.0510 e. The monoisotopic (exact) mass is 414 g/mol. The summed E-state index contributed by atoms with van der Waals surface area (Å²) in [4.78, 5) is 5.21. The van der Waals surface area contributed by atoms with Crippen molar-refractivity contribution in [3.8, 4) is 0 Å². The summed E-state index contributed by atoms with van der Waals surface area (Å²) < 4.78 is 1.23. The molecule has 0 aromatic heterocycles. The van der Waals surface area contributed by atoms with E-state index in [0.29, 0.717) is 0 Å². The average molecular weight is 416 g/mol. The molecule has 4 heteroatoms. The van der Waals surface area contributed by atoms with E-state index in [4.69, 9.17) is 0 Å². The average Bonchev–Trinajstić information content (AvgIpc) is 3.01. The molecule has 0 amide bonds. The van der Waals surface area contributed by atoms with E-state index in [-0.39, 0.29) is 0 Å². The third-order valence-corrected chi connectivity index (χ3v) is 6.12. The smallest absolute Gasteiger partial charge is 0.0510 e.